The summed E-state index contributed by atoms with van der Waals surface area (Å²) in [5.41, 5.74) is 4.17. The van der Waals surface area contributed by atoms with Crippen molar-refractivity contribution >= 4 is 29.5 Å². The molecule has 1 aromatic carbocycles. The Kier molecular flexibility index (Phi) is 3.47. The monoisotopic (exact) mass is 309 g/mol. The van der Waals surface area contributed by atoms with Crippen LogP contribution in [0.2, 0.25) is 6.82 Å². The van der Waals surface area contributed by atoms with Crippen molar-refractivity contribution in [1.29, 1.82) is 0 Å². The van der Waals surface area contributed by atoms with E-state index in [1.807, 2.05) is 19.2 Å². The second-order valence-electron chi connectivity index (χ2n) is 6.20. The van der Waals surface area contributed by atoms with Crippen molar-refractivity contribution in [3.05, 3.63) is 36.2 Å². The average molecular weight is 309 g/mol. The maximum absolute atomic E-state index is 9.72. The van der Waals surface area contributed by atoms with Crippen molar-refractivity contribution in [3.63, 3.8) is 0 Å². The minimum absolute atomic E-state index is 0.393. The molecule has 0 amide bonds. The summed E-state index contributed by atoms with van der Waals surface area (Å²) in [4.78, 5) is 13.7. The van der Waals surface area contributed by atoms with Gasteiger partial charge in [-0.25, -0.2) is 9.97 Å². The van der Waals surface area contributed by atoms with Gasteiger partial charge in [-0.15, -0.1) is 0 Å². The lowest BCUT2D eigenvalue weighted by atomic mass is 9.84. The summed E-state index contributed by atoms with van der Waals surface area (Å²) in [5, 5.41) is 9.72. The SMILES string of the molecule is CB(O)N1CCN(c2nc3cc(C)ccc3n3ccnc23)CC1. The van der Waals surface area contributed by atoms with Crippen LogP contribution in [0.3, 0.4) is 0 Å². The lowest BCUT2D eigenvalue weighted by Crippen LogP contribution is -2.51. The number of rotatable bonds is 2. The number of aryl methyl sites for hydroxylation is 1. The van der Waals surface area contributed by atoms with Crippen molar-refractivity contribution in [2.75, 3.05) is 31.1 Å². The van der Waals surface area contributed by atoms with Crippen molar-refractivity contribution in [2.45, 2.75) is 13.7 Å². The van der Waals surface area contributed by atoms with Crippen molar-refractivity contribution < 1.29 is 5.02 Å². The zero-order valence-electron chi connectivity index (χ0n) is 13.5. The Labute approximate surface area is 135 Å². The van der Waals surface area contributed by atoms with E-state index in [0.29, 0.717) is 0 Å². The van der Waals surface area contributed by atoms with Gasteiger partial charge in [0, 0.05) is 38.6 Å². The first-order valence-corrected chi connectivity index (χ1v) is 8.04. The third kappa shape index (κ3) is 2.46. The molecule has 0 radical (unpaired) electrons. The number of fused-ring (bicyclic) bond motifs is 3. The molecule has 1 fully saturated rings. The predicted molar refractivity (Wildman–Crippen MR) is 92.9 cm³/mol. The van der Waals surface area contributed by atoms with Crippen LogP contribution in [0, 0.1) is 6.92 Å². The van der Waals surface area contributed by atoms with E-state index in [1.54, 1.807) is 0 Å². The van der Waals surface area contributed by atoms with Gasteiger partial charge >= 0.3 is 7.05 Å². The first-order valence-electron chi connectivity index (χ1n) is 8.04. The molecule has 3 aromatic rings. The molecular formula is C16H20BN5O. The molecule has 6 nitrogen and oxygen atoms in total. The second-order valence-corrected chi connectivity index (χ2v) is 6.20. The molecule has 23 heavy (non-hydrogen) atoms. The van der Waals surface area contributed by atoms with E-state index in [1.165, 1.54) is 5.56 Å². The lowest BCUT2D eigenvalue weighted by molar-refractivity contribution is 0.344. The summed E-state index contributed by atoms with van der Waals surface area (Å²) in [6.07, 6.45) is 3.82. The van der Waals surface area contributed by atoms with Crippen LogP contribution in [-0.2, 0) is 0 Å². The summed E-state index contributed by atoms with van der Waals surface area (Å²) in [7, 11) is -0.393. The van der Waals surface area contributed by atoms with Crippen LogP contribution in [0.5, 0.6) is 0 Å². The predicted octanol–water partition coefficient (Wildman–Crippen LogP) is 1.42. The van der Waals surface area contributed by atoms with Crippen LogP contribution < -0.4 is 4.90 Å². The molecule has 0 spiro atoms. The number of piperazine rings is 1. The van der Waals surface area contributed by atoms with E-state index in [0.717, 1.165) is 48.7 Å². The fourth-order valence-corrected chi connectivity index (χ4v) is 3.27. The van der Waals surface area contributed by atoms with Crippen LogP contribution >= 0.6 is 0 Å². The molecule has 1 aliphatic heterocycles. The van der Waals surface area contributed by atoms with Gasteiger partial charge in [0.1, 0.15) is 0 Å². The van der Waals surface area contributed by atoms with Gasteiger partial charge in [-0.2, -0.15) is 0 Å². The molecule has 118 valence electrons. The fraction of sp³-hybridized carbons (Fsp3) is 0.375. The van der Waals surface area contributed by atoms with Gasteiger partial charge in [-0.05, 0) is 31.4 Å². The standard InChI is InChI=1S/C16H20BN5O/c1-12-3-4-14-13(11-12)19-16(15-18-5-6-22(14)15)20-7-9-21(10-8-20)17(2)23/h3-6,11,23H,7-10H2,1-2H3. The number of benzene rings is 1. The van der Waals surface area contributed by atoms with Gasteiger partial charge in [0.25, 0.3) is 0 Å². The van der Waals surface area contributed by atoms with E-state index in [4.69, 9.17) is 4.98 Å². The van der Waals surface area contributed by atoms with Gasteiger partial charge in [0.05, 0.1) is 11.0 Å². The zero-order valence-corrected chi connectivity index (χ0v) is 13.5. The molecule has 0 aliphatic carbocycles. The molecular weight excluding hydrogens is 289 g/mol. The molecule has 0 saturated carbocycles. The Balaban J connectivity index is 1.78. The Morgan fingerprint density at radius 2 is 1.96 bits per heavy atom. The molecule has 1 N–H and O–H groups in total. The van der Waals surface area contributed by atoms with Gasteiger partial charge in [-0.1, -0.05) is 6.07 Å². The molecule has 0 unspecified atom stereocenters. The van der Waals surface area contributed by atoms with Gasteiger partial charge in [0.15, 0.2) is 11.5 Å². The number of anilines is 1. The molecule has 1 saturated heterocycles. The minimum atomic E-state index is -0.393. The smallest absolute Gasteiger partial charge is 0.376 e. The van der Waals surface area contributed by atoms with Crippen LogP contribution in [0.15, 0.2) is 30.6 Å². The Bertz CT molecular complexity index is 854. The first-order chi connectivity index (χ1) is 11.1. The number of hydrogen-bond donors (Lipinski definition) is 1. The fourth-order valence-electron chi connectivity index (χ4n) is 3.27. The van der Waals surface area contributed by atoms with E-state index < -0.39 is 7.05 Å². The molecule has 0 atom stereocenters. The lowest BCUT2D eigenvalue weighted by Gasteiger charge is -2.36. The van der Waals surface area contributed by atoms with E-state index in [2.05, 4.69) is 44.2 Å². The van der Waals surface area contributed by atoms with E-state index in [-0.39, 0.29) is 0 Å². The normalized spacial score (nSPS) is 16.4. The van der Waals surface area contributed by atoms with Crippen molar-refractivity contribution in [1.82, 2.24) is 19.2 Å². The summed E-state index contributed by atoms with van der Waals surface area (Å²) in [6.45, 7) is 7.26. The quantitative estimate of drug-likeness (QED) is 0.726. The number of imidazole rings is 1. The minimum Gasteiger partial charge on any atom is -0.437 e. The molecule has 0 bridgehead atoms. The summed E-state index contributed by atoms with van der Waals surface area (Å²) < 4.78 is 2.11. The number of nitrogens with zero attached hydrogens (tertiary/aromatic N) is 5. The van der Waals surface area contributed by atoms with Crippen LogP contribution in [-0.4, -0.2) is 57.4 Å². The van der Waals surface area contributed by atoms with Gasteiger partial charge in [0.2, 0.25) is 0 Å². The summed E-state index contributed by atoms with van der Waals surface area (Å²) in [6, 6.07) is 6.32. The van der Waals surface area contributed by atoms with Crippen molar-refractivity contribution in [2.24, 2.45) is 0 Å². The summed E-state index contributed by atoms with van der Waals surface area (Å²) in [5.74, 6) is 0.929. The number of hydrogen-bond acceptors (Lipinski definition) is 5. The van der Waals surface area contributed by atoms with Crippen LogP contribution in [0.4, 0.5) is 5.82 Å². The maximum Gasteiger partial charge on any atom is 0.376 e. The van der Waals surface area contributed by atoms with Gasteiger partial charge in [-0.3, -0.25) is 4.40 Å². The highest BCUT2D eigenvalue weighted by Crippen LogP contribution is 2.25. The zero-order chi connectivity index (χ0) is 16.0. The Morgan fingerprint density at radius 1 is 1.17 bits per heavy atom. The highest BCUT2D eigenvalue weighted by atomic mass is 16.2. The van der Waals surface area contributed by atoms with E-state index >= 15 is 0 Å². The molecule has 7 heteroatoms. The van der Waals surface area contributed by atoms with Crippen molar-refractivity contribution in [3.8, 4) is 0 Å². The highest BCUT2D eigenvalue weighted by molar-refractivity contribution is 6.45. The van der Waals surface area contributed by atoms with Gasteiger partial charge < -0.3 is 14.7 Å². The summed E-state index contributed by atoms with van der Waals surface area (Å²) >= 11 is 0. The number of aromatic nitrogens is 3. The first kappa shape index (κ1) is 14.5. The largest absolute Gasteiger partial charge is 0.437 e. The maximum atomic E-state index is 9.72. The second kappa shape index (κ2) is 5.51. The van der Waals surface area contributed by atoms with Crippen LogP contribution in [0.25, 0.3) is 16.7 Å². The molecule has 4 rings (SSSR count). The Morgan fingerprint density at radius 3 is 2.70 bits per heavy atom. The van der Waals surface area contributed by atoms with E-state index in [9.17, 15) is 5.02 Å². The topological polar surface area (TPSA) is 56.9 Å². The highest BCUT2D eigenvalue weighted by Gasteiger charge is 2.25. The van der Waals surface area contributed by atoms with Crippen LogP contribution in [0.1, 0.15) is 5.56 Å². The third-order valence-electron chi connectivity index (χ3n) is 4.60. The molecule has 3 heterocycles. The third-order valence-corrected chi connectivity index (χ3v) is 4.60. The Hall–Kier alpha value is -2.12. The molecule has 2 aromatic heterocycles. The average Bonchev–Trinajstić information content (AvgIpc) is 3.03. The molecule has 1 aliphatic rings.